The molecule has 4 atom stereocenters. The van der Waals surface area contributed by atoms with E-state index in [0.29, 0.717) is 55.9 Å². The Hall–Kier alpha value is -3.29. The molecule has 1 fully saturated rings. The highest BCUT2D eigenvalue weighted by Gasteiger charge is 2.40. The predicted molar refractivity (Wildman–Crippen MR) is 143 cm³/mol. The fourth-order valence-corrected chi connectivity index (χ4v) is 5.41. The van der Waals surface area contributed by atoms with Crippen LogP contribution in [0.5, 0.6) is 17.4 Å². The summed E-state index contributed by atoms with van der Waals surface area (Å²) in [5, 5.41) is 1.65. The Kier molecular flexibility index (Phi) is 8.90. The lowest BCUT2D eigenvalue weighted by molar-refractivity contribution is -0.138. The van der Waals surface area contributed by atoms with Crippen molar-refractivity contribution in [1.82, 2.24) is 9.88 Å². The van der Waals surface area contributed by atoms with E-state index in [9.17, 15) is 9.59 Å². The van der Waals surface area contributed by atoms with E-state index in [1.165, 1.54) is 0 Å². The van der Waals surface area contributed by atoms with Gasteiger partial charge in [-0.2, -0.15) is 0 Å². The Bertz CT molecular complexity index is 1130. The van der Waals surface area contributed by atoms with Crippen LogP contribution in [-0.4, -0.2) is 53.6 Å². The van der Waals surface area contributed by atoms with E-state index in [2.05, 4.69) is 31.0 Å². The van der Waals surface area contributed by atoms with E-state index in [-0.39, 0.29) is 17.9 Å². The maximum atomic E-state index is 13.3. The quantitative estimate of drug-likeness (QED) is 0.443. The number of pyridine rings is 1. The van der Waals surface area contributed by atoms with E-state index in [1.54, 1.807) is 11.1 Å². The summed E-state index contributed by atoms with van der Waals surface area (Å²) >= 11 is 0. The zero-order valence-corrected chi connectivity index (χ0v) is 22.2. The number of allylic oxidation sites excluding steroid dienone is 2. The van der Waals surface area contributed by atoms with E-state index >= 15 is 0 Å². The van der Waals surface area contributed by atoms with E-state index in [4.69, 9.17) is 19.9 Å². The van der Waals surface area contributed by atoms with Crippen molar-refractivity contribution in [3.63, 3.8) is 0 Å². The van der Waals surface area contributed by atoms with Gasteiger partial charge >= 0.3 is 0 Å². The molecular formula is C29H39N3O5. The molecule has 2 aromatic rings. The molecule has 0 bridgehead atoms. The van der Waals surface area contributed by atoms with Crippen LogP contribution in [0.4, 0.5) is 0 Å². The Labute approximate surface area is 219 Å². The molecule has 0 radical (unpaired) electrons. The molecule has 2 N–H and O–H groups in total. The normalized spacial score (nSPS) is 20.8. The second-order valence-electron chi connectivity index (χ2n) is 10.2. The van der Waals surface area contributed by atoms with Crippen LogP contribution in [0.2, 0.25) is 0 Å². The molecule has 200 valence electrons. The van der Waals surface area contributed by atoms with Crippen molar-refractivity contribution in [3.8, 4) is 17.4 Å². The van der Waals surface area contributed by atoms with Gasteiger partial charge in [-0.1, -0.05) is 32.4 Å². The van der Waals surface area contributed by atoms with Gasteiger partial charge in [-0.3, -0.25) is 9.59 Å². The third kappa shape index (κ3) is 6.35. The summed E-state index contributed by atoms with van der Waals surface area (Å²) in [7, 11) is 0. The maximum absolute atomic E-state index is 13.3. The van der Waals surface area contributed by atoms with Gasteiger partial charge in [0.15, 0.2) is 11.5 Å². The number of carbonyl (C=O) groups excluding carboxylic acids is 2. The Morgan fingerprint density at radius 1 is 1.24 bits per heavy atom. The molecule has 3 heterocycles. The number of fused-ring (bicyclic) bond motifs is 3. The number of primary amides is 1. The standard InChI is InChI=1S/C29H39N3O5/c1-4-6-7-8-19(3)15-20(5-2)16-26(33)32-18-21(17-24(32)28(30)34)37-29-23-9-10-25-27(36-14-13-35-25)22(23)11-12-31-29/h4,6,9-12,19-21,24H,5,7-8,13-18H2,1-3H3,(H2,30,34)/b6-4-/t19-,20-,21-,24+/m1/s1. The number of rotatable bonds is 11. The number of likely N-dealkylation sites (tertiary alicyclic amines) is 1. The number of carbonyl (C=O) groups is 2. The van der Waals surface area contributed by atoms with Crippen molar-refractivity contribution >= 4 is 22.6 Å². The smallest absolute Gasteiger partial charge is 0.240 e. The first-order chi connectivity index (χ1) is 17.9. The van der Waals surface area contributed by atoms with Crippen molar-refractivity contribution in [1.29, 1.82) is 0 Å². The average Bonchev–Trinajstić information content (AvgIpc) is 3.33. The average molecular weight is 510 g/mol. The molecule has 8 heteroatoms. The van der Waals surface area contributed by atoms with Crippen molar-refractivity contribution in [2.45, 2.75) is 71.4 Å². The Morgan fingerprint density at radius 3 is 2.81 bits per heavy atom. The van der Waals surface area contributed by atoms with Gasteiger partial charge in [-0.15, -0.1) is 0 Å². The topological polar surface area (TPSA) is 104 Å². The molecule has 37 heavy (non-hydrogen) atoms. The molecule has 0 aliphatic carbocycles. The van der Waals surface area contributed by atoms with Gasteiger partial charge in [0.05, 0.1) is 6.54 Å². The van der Waals surface area contributed by atoms with E-state index in [1.807, 2.05) is 25.1 Å². The van der Waals surface area contributed by atoms with Gasteiger partial charge in [0.2, 0.25) is 17.7 Å². The van der Waals surface area contributed by atoms with Crippen LogP contribution in [-0.2, 0) is 9.59 Å². The second-order valence-corrected chi connectivity index (χ2v) is 10.2. The number of hydrogen-bond donors (Lipinski definition) is 1. The second kappa shape index (κ2) is 12.3. The molecule has 0 unspecified atom stereocenters. The number of hydrogen-bond acceptors (Lipinski definition) is 6. The highest BCUT2D eigenvalue weighted by molar-refractivity contribution is 5.94. The van der Waals surface area contributed by atoms with Crippen LogP contribution in [0.3, 0.4) is 0 Å². The molecule has 2 aliphatic heterocycles. The zero-order chi connectivity index (χ0) is 26.4. The summed E-state index contributed by atoms with van der Waals surface area (Å²) in [6.45, 7) is 7.71. The lowest BCUT2D eigenvalue weighted by Crippen LogP contribution is -2.44. The summed E-state index contributed by atoms with van der Waals surface area (Å²) < 4.78 is 17.8. The molecule has 2 aliphatic rings. The monoisotopic (exact) mass is 509 g/mol. The first-order valence-electron chi connectivity index (χ1n) is 13.4. The number of benzene rings is 1. The highest BCUT2D eigenvalue weighted by atomic mass is 16.6. The van der Waals surface area contributed by atoms with E-state index < -0.39 is 11.9 Å². The number of amides is 2. The summed E-state index contributed by atoms with van der Waals surface area (Å²) in [4.78, 5) is 31.7. The SMILES string of the molecule is C/C=C\CC[C@@H](C)C[C@@H](CC)CC(=O)N1C[C@H](Oc2nccc3c4c(ccc23)OCCO4)C[C@H]1C(N)=O. The number of nitrogens with zero attached hydrogens (tertiary/aromatic N) is 2. The van der Waals surface area contributed by atoms with Crippen molar-refractivity contribution in [2.75, 3.05) is 19.8 Å². The van der Waals surface area contributed by atoms with Gasteiger partial charge in [0.25, 0.3) is 0 Å². The Balaban J connectivity index is 1.44. The van der Waals surface area contributed by atoms with Crippen LogP contribution < -0.4 is 19.9 Å². The predicted octanol–water partition coefficient (Wildman–Crippen LogP) is 4.64. The number of ether oxygens (including phenoxy) is 3. The minimum absolute atomic E-state index is 0.0344. The Morgan fingerprint density at radius 2 is 2.05 bits per heavy atom. The third-order valence-electron chi connectivity index (χ3n) is 7.44. The highest BCUT2D eigenvalue weighted by Crippen LogP contribution is 2.40. The molecule has 0 saturated carbocycles. The third-order valence-corrected chi connectivity index (χ3v) is 7.44. The molecule has 1 aromatic heterocycles. The van der Waals surface area contributed by atoms with Crippen molar-refractivity contribution in [2.24, 2.45) is 17.6 Å². The van der Waals surface area contributed by atoms with Crippen molar-refractivity contribution < 1.29 is 23.8 Å². The fourth-order valence-electron chi connectivity index (χ4n) is 5.41. The van der Waals surface area contributed by atoms with Gasteiger partial charge in [0.1, 0.15) is 25.4 Å². The molecule has 1 saturated heterocycles. The van der Waals surface area contributed by atoms with Gasteiger partial charge in [-0.05, 0) is 56.2 Å². The summed E-state index contributed by atoms with van der Waals surface area (Å²) in [6.07, 6.45) is 10.4. The number of aromatic nitrogens is 1. The van der Waals surface area contributed by atoms with E-state index in [0.717, 1.165) is 36.5 Å². The molecule has 8 nitrogen and oxygen atoms in total. The first kappa shape index (κ1) is 26.8. The molecule has 1 aromatic carbocycles. The number of nitrogens with two attached hydrogens (primary N) is 1. The van der Waals surface area contributed by atoms with Gasteiger partial charge in [-0.25, -0.2) is 4.98 Å². The minimum Gasteiger partial charge on any atom is -0.486 e. The van der Waals surface area contributed by atoms with Crippen LogP contribution >= 0.6 is 0 Å². The van der Waals surface area contributed by atoms with Crippen LogP contribution in [0.25, 0.3) is 10.8 Å². The maximum Gasteiger partial charge on any atom is 0.240 e. The summed E-state index contributed by atoms with van der Waals surface area (Å²) in [5.74, 6) is 2.09. The van der Waals surface area contributed by atoms with Gasteiger partial charge < -0.3 is 24.8 Å². The molecule has 2 amide bonds. The van der Waals surface area contributed by atoms with Gasteiger partial charge in [0, 0.05) is 29.8 Å². The summed E-state index contributed by atoms with van der Waals surface area (Å²) in [5.41, 5.74) is 5.72. The van der Waals surface area contributed by atoms with Crippen LogP contribution in [0.1, 0.15) is 59.3 Å². The molecule has 0 spiro atoms. The fraction of sp³-hybridized carbons (Fsp3) is 0.552. The van der Waals surface area contributed by atoms with Crippen LogP contribution in [0.15, 0.2) is 36.5 Å². The van der Waals surface area contributed by atoms with Crippen LogP contribution in [0, 0.1) is 11.8 Å². The van der Waals surface area contributed by atoms with Crippen molar-refractivity contribution in [3.05, 3.63) is 36.5 Å². The summed E-state index contributed by atoms with van der Waals surface area (Å²) in [6, 6.07) is 4.95. The zero-order valence-electron chi connectivity index (χ0n) is 22.2. The molecule has 4 rings (SSSR count). The lowest BCUT2D eigenvalue weighted by Gasteiger charge is -2.25. The minimum atomic E-state index is -0.679. The molecular weight excluding hydrogens is 470 g/mol. The largest absolute Gasteiger partial charge is 0.486 e. The first-order valence-corrected chi connectivity index (χ1v) is 13.4. The lowest BCUT2D eigenvalue weighted by atomic mass is 9.88.